The number of carbonyl (C=O) groups excluding carboxylic acids is 2. The van der Waals surface area contributed by atoms with E-state index >= 15 is 0 Å². The van der Waals surface area contributed by atoms with E-state index in [0.717, 1.165) is 21.8 Å². The second kappa shape index (κ2) is 5.78. The minimum Gasteiger partial charge on any atom is -0.465 e. The van der Waals surface area contributed by atoms with Crippen LogP contribution in [0.3, 0.4) is 0 Å². The zero-order valence-corrected chi connectivity index (χ0v) is 14.2. The van der Waals surface area contributed by atoms with Gasteiger partial charge < -0.3 is 14.5 Å². The topological polar surface area (TPSA) is 85.5 Å². The van der Waals surface area contributed by atoms with Gasteiger partial charge in [-0.05, 0) is 13.0 Å². The smallest absolute Gasteiger partial charge is 0.320 e. The SMILES string of the molecule is CCOC(=O)[C@H]1Sc2[nH]c(=O)sc2[C@@H]2c3ccccc3OC(=O)[C@H]21. The van der Waals surface area contributed by atoms with E-state index in [-0.39, 0.29) is 17.4 Å². The molecule has 0 bridgehead atoms. The van der Waals surface area contributed by atoms with Crippen molar-refractivity contribution in [2.24, 2.45) is 5.92 Å². The first-order valence-corrected chi connectivity index (χ1v) is 9.16. The fraction of sp³-hybridized carbons (Fsp3) is 0.312. The van der Waals surface area contributed by atoms with Crippen molar-refractivity contribution >= 4 is 35.0 Å². The molecule has 0 saturated heterocycles. The highest BCUT2D eigenvalue weighted by atomic mass is 32.2. The molecule has 0 amide bonds. The Balaban J connectivity index is 1.90. The molecule has 8 heteroatoms. The molecule has 4 rings (SSSR count). The quantitative estimate of drug-likeness (QED) is 0.650. The molecule has 3 atom stereocenters. The van der Waals surface area contributed by atoms with Gasteiger partial charge in [-0.25, -0.2) is 0 Å². The minimum atomic E-state index is -0.742. The van der Waals surface area contributed by atoms with Crippen LogP contribution in [0.25, 0.3) is 0 Å². The molecule has 2 aliphatic rings. The van der Waals surface area contributed by atoms with Gasteiger partial charge in [0.15, 0.2) is 0 Å². The molecule has 0 radical (unpaired) electrons. The number of fused-ring (bicyclic) bond motifs is 5. The van der Waals surface area contributed by atoms with Gasteiger partial charge >= 0.3 is 16.8 Å². The van der Waals surface area contributed by atoms with E-state index in [4.69, 9.17) is 9.47 Å². The molecule has 2 aromatic rings. The summed E-state index contributed by atoms with van der Waals surface area (Å²) in [6.45, 7) is 1.95. The number of para-hydroxylation sites is 1. The summed E-state index contributed by atoms with van der Waals surface area (Å²) >= 11 is 2.25. The maximum atomic E-state index is 12.6. The third-order valence-corrected chi connectivity index (χ3v) is 6.50. The minimum absolute atomic E-state index is 0.202. The van der Waals surface area contributed by atoms with Crippen molar-refractivity contribution in [1.29, 1.82) is 0 Å². The monoisotopic (exact) mass is 363 g/mol. The third kappa shape index (κ3) is 2.29. The van der Waals surface area contributed by atoms with Gasteiger partial charge in [0, 0.05) is 16.4 Å². The lowest BCUT2D eigenvalue weighted by Crippen LogP contribution is -2.44. The molecule has 6 nitrogen and oxygen atoms in total. The maximum absolute atomic E-state index is 12.6. The van der Waals surface area contributed by atoms with Crippen LogP contribution in [0.15, 0.2) is 34.1 Å². The number of hydrogen-bond acceptors (Lipinski definition) is 7. The average molecular weight is 363 g/mol. The van der Waals surface area contributed by atoms with Gasteiger partial charge in [0.2, 0.25) is 0 Å². The lowest BCUT2D eigenvalue weighted by Gasteiger charge is -2.37. The van der Waals surface area contributed by atoms with Crippen LogP contribution >= 0.6 is 23.1 Å². The average Bonchev–Trinajstić information content (AvgIpc) is 2.94. The van der Waals surface area contributed by atoms with Gasteiger partial charge in [0.1, 0.15) is 11.0 Å². The maximum Gasteiger partial charge on any atom is 0.320 e. The number of rotatable bonds is 2. The summed E-state index contributed by atoms with van der Waals surface area (Å²) in [6, 6.07) is 7.23. The number of nitrogens with one attached hydrogen (secondary N) is 1. The first-order chi connectivity index (χ1) is 11.6. The summed E-state index contributed by atoms with van der Waals surface area (Å²) in [5.41, 5.74) is 0.813. The molecule has 124 valence electrons. The Bertz CT molecular complexity index is 887. The molecule has 1 N–H and O–H groups in total. The molecule has 24 heavy (non-hydrogen) atoms. The summed E-state index contributed by atoms with van der Waals surface area (Å²) in [5, 5.41) is -0.109. The highest BCUT2D eigenvalue weighted by Crippen LogP contribution is 2.53. The highest BCUT2D eigenvalue weighted by Gasteiger charge is 2.52. The lowest BCUT2D eigenvalue weighted by molar-refractivity contribution is -0.150. The molecule has 2 aliphatic heterocycles. The largest absolute Gasteiger partial charge is 0.465 e. The highest BCUT2D eigenvalue weighted by molar-refractivity contribution is 8.00. The normalized spacial score (nSPS) is 24.4. The fourth-order valence-electron chi connectivity index (χ4n) is 3.18. The van der Waals surface area contributed by atoms with E-state index in [1.807, 2.05) is 12.1 Å². The van der Waals surface area contributed by atoms with E-state index < -0.39 is 23.1 Å². The molecule has 1 aromatic carbocycles. The second-order valence-corrected chi connectivity index (χ2v) is 7.63. The molecule has 1 aromatic heterocycles. The Kier molecular flexibility index (Phi) is 3.73. The summed E-state index contributed by atoms with van der Waals surface area (Å²) in [6.07, 6.45) is 0. The first-order valence-electron chi connectivity index (χ1n) is 7.47. The van der Waals surface area contributed by atoms with Crippen LogP contribution < -0.4 is 9.61 Å². The molecule has 0 saturated carbocycles. The molecular formula is C16H13NO5S2. The van der Waals surface area contributed by atoms with Gasteiger partial charge in [-0.3, -0.25) is 14.4 Å². The summed E-state index contributed by atoms with van der Waals surface area (Å²) in [5.74, 6) is -1.53. The summed E-state index contributed by atoms with van der Waals surface area (Å²) in [4.78, 5) is 40.2. The first kappa shape index (κ1) is 15.5. The Labute approximate surface area is 145 Å². The van der Waals surface area contributed by atoms with E-state index in [1.165, 1.54) is 11.8 Å². The zero-order valence-electron chi connectivity index (χ0n) is 12.6. The number of ether oxygens (including phenoxy) is 2. The van der Waals surface area contributed by atoms with Crippen molar-refractivity contribution in [1.82, 2.24) is 4.98 Å². The number of benzene rings is 1. The van der Waals surface area contributed by atoms with Crippen LogP contribution in [-0.4, -0.2) is 28.8 Å². The van der Waals surface area contributed by atoms with Gasteiger partial charge in [-0.2, -0.15) is 0 Å². The van der Waals surface area contributed by atoms with Crippen molar-refractivity contribution < 1.29 is 19.1 Å². The van der Waals surface area contributed by atoms with E-state index in [1.54, 1.807) is 19.1 Å². The number of hydrogen-bond donors (Lipinski definition) is 1. The molecule has 0 aliphatic carbocycles. The summed E-state index contributed by atoms with van der Waals surface area (Å²) < 4.78 is 10.6. The Morgan fingerprint density at radius 3 is 2.92 bits per heavy atom. The van der Waals surface area contributed by atoms with Crippen LogP contribution in [-0.2, 0) is 14.3 Å². The van der Waals surface area contributed by atoms with E-state index in [2.05, 4.69) is 4.98 Å². The van der Waals surface area contributed by atoms with Crippen LogP contribution in [0, 0.1) is 5.92 Å². The number of thioether (sulfide) groups is 1. The van der Waals surface area contributed by atoms with E-state index in [0.29, 0.717) is 10.8 Å². The van der Waals surface area contributed by atoms with Crippen LogP contribution in [0.4, 0.5) is 0 Å². The second-order valence-electron chi connectivity index (χ2n) is 5.46. The predicted octanol–water partition coefficient (Wildman–Crippen LogP) is 2.14. The third-order valence-electron chi connectivity index (χ3n) is 4.11. The summed E-state index contributed by atoms with van der Waals surface area (Å²) in [7, 11) is 0. The van der Waals surface area contributed by atoms with Crippen molar-refractivity contribution in [2.75, 3.05) is 6.61 Å². The van der Waals surface area contributed by atoms with E-state index in [9.17, 15) is 14.4 Å². The van der Waals surface area contributed by atoms with Crippen LogP contribution in [0.5, 0.6) is 5.75 Å². The zero-order chi connectivity index (χ0) is 16.8. The molecule has 0 unspecified atom stereocenters. The van der Waals surface area contributed by atoms with Gasteiger partial charge in [-0.15, -0.1) is 0 Å². The van der Waals surface area contributed by atoms with Crippen molar-refractivity contribution in [3.63, 3.8) is 0 Å². The number of thiazole rings is 1. The van der Waals surface area contributed by atoms with Gasteiger partial charge in [-0.1, -0.05) is 41.3 Å². The number of aromatic amines is 1. The van der Waals surface area contributed by atoms with Crippen molar-refractivity contribution in [3.8, 4) is 5.75 Å². The fourth-order valence-corrected chi connectivity index (χ4v) is 5.64. The van der Waals surface area contributed by atoms with Crippen LogP contribution in [0.1, 0.15) is 23.3 Å². The van der Waals surface area contributed by atoms with Crippen molar-refractivity contribution in [2.45, 2.75) is 23.1 Å². The number of esters is 2. The van der Waals surface area contributed by atoms with Gasteiger partial charge in [0.25, 0.3) is 0 Å². The predicted molar refractivity (Wildman–Crippen MR) is 88.6 cm³/mol. The van der Waals surface area contributed by atoms with Crippen molar-refractivity contribution in [3.05, 3.63) is 44.4 Å². The van der Waals surface area contributed by atoms with Crippen LogP contribution in [0.2, 0.25) is 0 Å². The molecule has 0 spiro atoms. The lowest BCUT2D eigenvalue weighted by atomic mass is 9.80. The number of aromatic nitrogens is 1. The molecule has 3 heterocycles. The number of carbonyl (C=O) groups is 2. The molecule has 0 fully saturated rings. The Hall–Kier alpha value is -2.06. The van der Waals surface area contributed by atoms with Gasteiger partial charge in [0.05, 0.1) is 17.6 Å². The number of H-pyrrole nitrogens is 1. The Morgan fingerprint density at radius 1 is 1.33 bits per heavy atom. The molecular weight excluding hydrogens is 350 g/mol. The Morgan fingerprint density at radius 2 is 2.12 bits per heavy atom. The standard InChI is InChI=1S/C16H13NO5S2/c1-2-21-15(19)12-10-9(11-13(23-12)17-16(20)24-11)7-5-3-4-6-8(7)22-14(10)18/h3-6,9-10,12H,2H2,1H3,(H,17,20)/t9-,10-,12+/m1/s1.